The fourth-order valence-electron chi connectivity index (χ4n) is 4.60. The van der Waals surface area contributed by atoms with Crippen molar-refractivity contribution in [3.63, 3.8) is 0 Å². The number of benzene rings is 1. The Bertz CT molecular complexity index is 1270. The Hall–Kier alpha value is -3.66. The minimum absolute atomic E-state index is 0.0225. The molecule has 0 spiro atoms. The van der Waals surface area contributed by atoms with E-state index >= 15 is 0 Å². The Balaban J connectivity index is 1.75. The zero-order valence-corrected chi connectivity index (χ0v) is 20.3. The monoisotopic (exact) mass is 496 g/mol. The number of aromatic amines is 1. The molecule has 36 heavy (non-hydrogen) atoms. The highest BCUT2D eigenvalue weighted by atomic mass is 16.5. The number of aliphatic carboxylic acids is 1. The van der Waals surface area contributed by atoms with Gasteiger partial charge in [-0.05, 0) is 49.4 Å². The maximum atomic E-state index is 13.7. The SMILES string of the molecule is CCCCOc1ccc(-c2nc3cc(C(=O)NC(CO)C(=O)O)[nH]n3c(=O)c2C2CCCCC2)cc1. The van der Waals surface area contributed by atoms with Gasteiger partial charge in [-0.3, -0.25) is 14.7 Å². The average molecular weight is 497 g/mol. The van der Waals surface area contributed by atoms with Gasteiger partial charge in [-0.25, -0.2) is 14.3 Å². The van der Waals surface area contributed by atoms with Gasteiger partial charge in [0.15, 0.2) is 11.7 Å². The van der Waals surface area contributed by atoms with E-state index < -0.39 is 24.5 Å². The highest BCUT2D eigenvalue weighted by molar-refractivity contribution is 5.95. The van der Waals surface area contributed by atoms with Crippen molar-refractivity contribution in [1.82, 2.24) is 19.9 Å². The predicted molar refractivity (Wildman–Crippen MR) is 133 cm³/mol. The Morgan fingerprint density at radius 2 is 1.94 bits per heavy atom. The zero-order valence-electron chi connectivity index (χ0n) is 20.3. The van der Waals surface area contributed by atoms with Crippen molar-refractivity contribution in [1.29, 1.82) is 0 Å². The lowest BCUT2D eigenvalue weighted by atomic mass is 9.83. The molecule has 192 valence electrons. The topological polar surface area (TPSA) is 146 Å². The van der Waals surface area contributed by atoms with Crippen LogP contribution in [-0.2, 0) is 4.79 Å². The first-order valence-corrected chi connectivity index (χ1v) is 12.5. The van der Waals surface area contributed by atoms with E-state index in [-0.39, 0.29) is 22.8 Å². The van der Waals surface area contributed by atoms with Gasteiger partial charge < -0.3 is 20.3 Å². The number of aromatic nitrogens is 3. The number of carbonyl (C=O) groups excluding carboxylic acids is 1. The molecule has 1 aromatic carbocycles. The van der Waals surface area contributed by atoms with Crippen LogP contribution in [0.3, 0.4) is 0 Å². The number of carboxylic acids is 1. The lowest BCUT2D eigenvalue weighted by molar-refractivity contribution is -0.140. The molecule has 1 aliphatic carbocycles. The number of nitrogens with zero attached hydrogens (tertiary/aromatic N) is 2. The summed E-state index contributed by atoms with van der Waals surface area (Å²) in [6.45, 7) is 1.99. The number of aliphatic hydroxyl groups is 1. The smallest absolute Gasteiger partial charge is 0.328 e. The molecule has 0 bridgehead atoms. The van der Waals surface area contributed by atoms with Crippen molar-refractivity contribution >= 4 is 17.5 Å². The van der Waals surface area contributed by atoms with Crippen molar-refractivity contribution in [2.24, 2.45) is 0 Å². The molecule has 1 fully saturated rings. The summed E-state index contributed by atoms with van der Waals surface area (Å²) < 4.78 is 7.01. The van der Waals surface area contributed by atoms with Crippen LogP contribution in [-0.4, -0.2) is 55.9 Å². The standard InChI is InChI=1S/C26H32N4O6/c1-2-3-13-36-18-11-9-17(10-12-18)23-22(16-7-5-4-6-8-16)25(33)30-21(28-23)14-19(29-30)24(32)27-20(15-31)26(34)35/h9-12,14,16,20,29,31H,2-8,13,15H2,1H3,(H,27,32)(H,34,35). The summed E-state index contributed by atoms with van der Waals surface area (Å²) in [4.78, 5) is 42.2. The number of nitrogens with one attached hydrogen (secondary N) is 2. The molecule has 0 aliphatic heterocycles. The third kappa shape index (κ3) is 5.43. The number of H-pyrrole nitrogens is 1. The molecule has 0 radical (unpaired) electrons. The average Bonchev–Trinajstić information content (AvgIpc) is 3.33. The Labute approximate surface area is 208 Å². The molecular weight excluding hydrogens is 464 g/mol. The second-order valence-electron chi connectivity index (χ2n) is 9.15. The molecule has 3 aromatic rings. The number of hydrogen-bond acceptors (Lipinski definition) is 6. The summed E-state index contributed by atoms with van der Waals surface area (Å²) in [5.74, 6) is -1.31. The minimum atomic E-state index is -1.46. The highest BCUT2D eigenvalue weighted by Gasteiger charge is 2.27. The fraction of sp³-hybridized carbons (Fsp3) is 0.462. The highest BCUT2D eigenvalue weighted by Crippen LogP contribution is 2.36. The van der Waals surface area contributed by atoms with Gasteiger partial charge in [-0.1, -0.05) is 32.6 Å². The first-order valence-electron chi connectivity index (χ1n) is 12.5. The van der Waals surface area contributed by atoms with Crippen LogP contribution >= 0.6 is 0 Å². The summed E-state index contributed by atoms with van der Waals surface area (Å²) in [6.07, 6.45) is 6.99. The fourth-order valence-corrected chi connectivity index (χ4v) is 4.60. The van der Waals surface area contributed by atoms with E-state index in [2.05, 4.69) is 17.3 Å². The molecule has 2 heterocycles. The van der Waals surface area contributed by atoms with Gasteiger partial charge in [0.25, 0.3) is 11.5 Å². The molecule has 1 amide bonds. The van der Waals surface area contributed by atoms with Gasteiger partial charge in [0.1, 0.15) is 11.4 Å². The molecule has 2 aromatic heterocycles. The van der Waals surface area contributed by atoms with Crippen LogP contribution in [0, 0.1) is 0 Å². The van der Waals surface area contributed by atoms with E-state index in [4.69, 9.17) is 14.8 Å². The second-order valence-corrected chi connectivity index (χ2v) is 9.15. The molecule has 1 aliphatic rings. The molecule has 10 nitrogen and oxygen atoms in total. The number of unbranched alkanes of at least 4 members (excludes halogenated alkanes) is 1. The predicted octanol–water partition coefficient (Wildman–Crippen LogP) is 3.09. The van der Waals surface area contributed by atoms with Crippen LogP contribution in [0.15, 0.2) is 35.1 Å². The normalized spacial score (nSPS) is 15.1. The number of carbonyl (C=O) groups is 2. The van der Waals surface area contributed by atoms with Gasteiger partial charge in [0.2, 0.25) is 0 Å². The maximum Gasteiger partial charge on any atom is 0.328 e. The number of ether oxygens (including phenoxy) is 1. The molecule has 1 unspecified atom stereocenters. The quantitative estimate of drug-likeness (QED) is 0.316. The number of hydrogen-bond donors (Lipinski definition) is 4. The van der Waals surface area contributed by atoms with Crippen molar-refractivity contribution in [3.8, 4) is 17.0 Å². The molecule has 1 saturated carbocycles. The molecular formula is C26H32N4O6. The van der Waals surface area contributed by atoms with E-state index in [0.29, 0.717) is 17.9 Å². The van der Waals surface area contributed by atoms with Gasteiger partial charge in [0.05, 0.1) is 18.9 Å². The van der Waals surface area contributed by atoms with E-state index in [1.165, 1.54) is 10.6 Å². The third-order valence-electron chi connectivity index (χ3n) is 6.59. The van der Waals surface area contributed by atoms with Crippen LogP contribution < -0.4 is 15.6 Å². The molecule has 1 atom stereocenters. The Kier molecular flexibility index (Phi) is 8.04. The van der Waals surface area contributed by atoms with Crippen molar-refractivity contribution in [2.75, 3.05) is 13.2 Å². The van der Waals surface area contributed by atoms with E-state index in [1.54, 1.807) is 0 Å². The van der Waals surface area contributed by atoms with Crippen LogP contribution in [0.2, 0.25) is 0 Å². The Morgan fingerprint density at radius 3 is 2.58 bits per heavy atom. The number of rotatable bonds is 10. The first kappa shape index (κ1) is 25.4. The van der Waals surface area contributed by atoms with E-state index in [1.807, 2.05) is 24.3 Å². The Morgan fingerprint density at radius 1 is 1.22 bits per heavy atom. The number of amides is 1. The maximum absolute atomic E-state index is 13.7. The van der Waals surface area contributed by atoms with Crippen LogP contribution in [0.1, 0.15) is 73.8 Å². The molecule has 10 heteroatoms. The zero-order chi connectivity index (χ0) is 25.7. The van der Waals surface area contributed by atoms with Gasteiger partial charge in [0, 0.05) is 17.2 Å². The van der Waals surface area contributed by atoms with Crippen molar-refractivity contribution in [3.05, 3.63) is 51.9 Å². The lowest BCUT2D eigenvalue weighted by Crippen LogP contribution is -2.43. The van der Waals surface area contributed by atoms with Crippen molar-refractivity contribution in [2.45, 2.75) is 63.8 Å². The summed E-state index contributed by atoms with van der Waals surface area (Å²) in [7, 11) is 0. The second kappa shape index (κ2) is 11.4. The van der Waals surface area contributed by atoms with Crippen molar-refractivity contribution < 1.29 is 24.5 Å². The third-order valence-corrected chi connectivity index (χ3v) is 6.59. The van der Waals surface area contributed by atoms with Gasteiger partial charge >= 0.3 is 5.97 Å². The number of carboxylic acid groups (broad SMARTS) is 1. The van der Waals surface area contributed by atoms with Crippen LogP contribution in [0.25, 0.3) is 16.9 Å². The van der Waals surface area contributed by atoms with E-state index in [0.717, 1.165) is 56.3 Å². The number of aliphatic hydroxyl groups excluding tert-OH is 1. The van der Waals surface area contributed by atoms with Crippen LogP contribution in [0.4, 0.5) is 0 Å². The van der Waals surface area contributed by atoms with E-state index in [9.17, 15) is 19.5 Å². The van der Waals surface area contributed by atoms with Gasteiger partial charge in [-0.2, -0.15) is 0 Å². The van der Waals surface area contributed by atoms with Crippen LogP contribution in [0.5, 0.6) is 5.75 Å². The lowest BCUT2D eigenvalue weighted by Gasteiger charge is -2.23. The van der Waals surface area contributed by atoms with Gasteiger partial charge in [-0.15, -0.1) is 0 Å². The first-order chi connectivity index (χ1) is 17.4. The summed E-state index contributed by atoms with van der Waals surface area (Å²) in [6, 6.07) is 7.48. The molecule has 4 rings (SSSR count). The summed E-state index contributed by atoms with van der Waals surface area (Å²) in [5, 5.41) is 23.3. The molecule has 0 saturated heterocycles. The largest absolute Gasteiger partial charge is 0.494 e. The minimum Gasteiger partial charge on any atom is -0.494 e. The summed E-state index contributed by atoms with van der Waals surface area (Å²) >= 11 is 0. The number of fused-ring (bicyclic) bond motifs is 1. The summed E-state index contributed by atoms with van der Waals surface area (Å²) in [5.41, 5.74) is 1.93. The molecule has 4 N–H and O–H groups in total.